The Morgan fingerprint density at radius 1 is 1.11 bits per heavy atom. The van der Waals surface area contributed by atoms with Crippen molar-refractivity contribution < 1.29 is 9.50 Å². The van der Waals surface area contributed by atoms with Crippen LogP contribution in [-0.4, -0.2) is 5.11 Å². The van der Waals surface area contributed by atoms with Gasteiger partial charge >= 0.3 is 0 Å². The van der Waals surface area contributed by atoms with E-state index in [9.17, 15) is 9.50 Å². The molecule has 94 valence electrons. The van der Waals surface area contributed by atoms with Crippen molar-refractivity contribution in [2.75, 3.05) is 0 Å². The van der Waals surface area contributed by atoms with Crippen LogP contribution in [0.2, 0.25) is 10.0 Å². The minimum Gasteiger partial charge on any atom is -0.383 e. The maximum Gasteiger partial charge on any atom is 0.129 e. The molecule has 1 N–H and O–H groups in total. The lowest BCUT2D eigenvalue weighted by atomic mass is 9.99. The lowest BCUT2D eigenvalue weighted by Crippen LogP contribution is -2.04. The molecular weight excluding hydrogens is 274 g/mol. The number of halogens is 3. The summed E-state index contributed by atoms with van der Waals surface area (Å²) in [6.07, 6.45) is -1.13. The maximum absolute atomic E-state index is 13.7. The summed E-state index contributed by atoms with van der Waals surface area (Å²) in [6, 6.07) is 9.47. The fraction of sp³-hybridized carbons (Fsp3) is 0.143. The smallest absolute Gasteiger partial charge is 0.129 e. The molecule has 0 aliphatic rings. The molecule has 18 heavy (non-hydrogen) atoms. The van der Waals surface area contributed by atoms with Gasteiger partial charge in [0.1, 0.15) is 11.9 Å². The summed E-state index contributed by atoms with van der Waals surface area (Å²) >= 11 is 11.9. The predicted molar refractivity (Wildman–Crippen MR) is 71.7 cm³/mol. The molecule has 1 unspecified atom stereocenters. The largest absolute Gasteiger partial charge is 0.383 e. The zero-order valence-electron chi connectivity index (χ0n) is 9.62. The van der Waals surface area contributed by atoms with Crippen LogP contribution in [0.1, 0.15) is 22.8 Å². The second-order valence-electron chi connectivity index (χ2n) is 4.07. The van der Waals surface area contributed by atoms with E-state index in [0.717, 1.165) is 5.56 Å². The Balaban J connectivity index is 2.51. The molecule has 0 aliphatic carbocycles. The van der Waals surface area contributed by atoms with Gasteiger partial charge in [-0.05, 0) is 19.1 Å². The molecule has 0 aromatic heterocycles. The Hall–Kier alpha value is -1.09. The Morgan fingerprint density at radius 2 is 1.83 bits per heavy atom. The van der Waals surface area contributed by atoms with E-state index < -0.39 is 11.9 Å². The molecule has 2 rings (SSSR count). The topological polar surface area (TPSA) is 20.2 Å². The molecule has 1 atom stereocenters. The second-order valence-corrected chi connectivity index (χ2v) is 4.86. The van der Waals surface area contributed by atoms with Gasteiger partial charge in [-0.25, -0.2) is 4.39 Å². The SMILES string of the molecule is Cc1ccc(F)c(C(O)c2cccc(Cl)c2Cl)c1. The fourth-order valence-corrected chi connectivity index (χ4v) is 2.18. The molecule has 0 bridgehead atoms. The van der Waals surface area contributed by atoms with Crippen molar-refractivity contribution >= 4 is 23.2 Å². The van der Waals surface area contributed by atoms with Gasteiger partial charge in [0.15, 0.2) is 0 Å². The first kappa shape index (κ1) is 13.3. The van der Waals surface area contributed by atoms with Crippen molar-refractivity contribution in [2.45, 2.75) is 13.0 Å². The molecule has 4 heteroatoms. The first-order valence-electron chi connectivity index (χ1n) is 5.38. The highest BCUT2D eigenvalue weighted by Gasteiger charge is 2.18. The van der Waals surface area contributed by atoms with E-state index in [1.165, 1.54) is 6.07 Å². The van der Waals surface area contributed by atoms with Gasteiger partial charge in [-0.1, -0.05) is 53.0 Å². The van der Waals surface area contributed by atoms with E-state index in [1.807, 2.05) is 6.92 Å². The molecular formula is C14H11Cl2FO. The Morgan fingerprint density at radius 3 is 2.56 bits per heavy atom. The van der Waals surface area contributed by atoms with Crippen molar-refractivity contribution in [1.29, 1.82) is 0 Å². The Labute approximate surface area is 115 Å². The third-order valence-electron chi connectivity index (χ3n) is 2.72. The molecule has 2 aromatic rings. The lowest BCUT2D eigenvalue weighted by molar-refractivity contribution is 0.215. The van der Waals surface area contributed by atoms with Crippen LogP contribution < -0.4 is 0 Å². The molecule has 0 radical (unpaired) electrons. The first-order valence-corrected chi connectivity index (χ1v) is 6.14. The van der Waals surface area contributed by atoms with Gasteiger partial charge in [-0.3, -0.25) is 0 Å². The van der Waals surface area contributed by atoms with Crippen molar-refractivity contribution in [3.63, 3.8) is 0 Å². The minimum atomic E-state index is -1.13. The quantitative estimate of drug-likeness (QED) is 0.860. The van der Waals surface area contributed by atoms with Crippen LogP contribution in [0, 0.1) is 12.7 Å². The molecule has 1 nitrogen and oxygen atoms in total. The standard InChI is InChI=1S/C14H11Cl2FO/c1-8-5-6-12(17)10(7-8)14(18)9-3-2-4-11(15)13(9)16/h2-7,14,18H,1H3. The van der Waals surface area contributed by atoms with Gasteiger partial charge in [0.25, 0.3) is 0 Å². The number of hydrogen-bond acceptors (Lipinski definition) is 1. The van der Waals surface area contributed by atoms with E-state index in [1.54, 1.807) is 30.3 Å². The number of benzene rings is 2. The predicted octanol–water partition coefficient (Wildman–Crippen LogP) is 4.52. The highest BCUT2D eigenvalue weighted by Crippen LogP contribution is 2.34. The summed E-state index contributed by atoms with van der Waals surface area (Å²) < 4.78 is 13.7. The summed E-state index contributed by atoms with van der Waals surface area (Å²) in [5, 5.41) is 10.8. The van der Waals surface area contributed by atoms with E-state index in [2.05, 4.69) is 0 Å². The zero-order valence-corrected chi connectivity index (χ0v) is 11.1. The highest BCUT2D eigenvalue weighted by atomic mass is 35.5. The summed E-state index contributed by atoms with van der Waals surface area (Å²) in [7, 11) is 0. The number of aryl methyl sites for hydroxylation is 1. The van der Waals surface area contributed by atoms with Crippen LogP contribution >= 0.6 is 23.2 Å². The number of rotatable bonds is 2. The van der Waals surface area contributed by atoms with Crippen LogP contribution in [0.5, 0.6) is 0 Å². The molecule has 0 saturated carbocycles. The van der Waals surface area contributed by atoms with Crippen molar-refractivity contribution in [1.82, 2.24) is 0 Å². The van der Waals surface area contributed by atoms with Crippen LogP contribution in [0.4, 0.5) is 4.39 Å². The first-order chi connectivity index (χ1) is 8.50. The van der Waals surface area contributed by atoms with E-state index >= 15 is 0 Å². The minimum absolute atomic E-state index is 0.194. The van der Waals surface area contributed by atoms with Crippen LogP contribution in [0.3, 0.4) is 0 Å². The van der Waals surface area contributed by atoms with E-state index in [0.29, 0.717) is 10.6 Å². The molecule has 0 amide bonds. The number of hydrogen-bond donors (Lipinski definition) is 1. The average Bonchev–Trinajstić information content (AvgIpc) is 2.35. The van der Waals surface area contributed by atoms with Gasteiger partial charge in [0.2, 0.25) is 0 Å². The van der Waals surface area contributed by atoms with Crippen molar-refractivity contribution in [3.8, 4) is 0 Å². The van der Waals surface area contributed by atoms with Crippen molar-refractivity contribution in [3.05, 3.63) is 69.0 Å². The maximum atomic E-state index is 13.7. The highest BCUT2D eigenvalue weighted by molar-refractivity contribution is 6.42. The monoisotopic (exact) mass is 284 g/mol. The average molecular weight is 285 g/mol. The zero-order chi connectivity index (χ0) is 13.3. The van der Waals surface area contributed by atoms with Gasteiger partial charge < -0.3 is 5.11 Å². The Bertz CT molecular complexity index is 582. The van der Waals surface area contributed by atoms with Crippen LogP contribution in [-0.2, 0) is 0 Å². The summed E-state index contributed by atoms with van der Waals surface area (Å²) in [5.41, 5.74) is 1.46. The Kier molecular flexibility index (Phi) is 3.91. The van der Waals surface area contributed by atoms with Crippen LogP contribution in [0.15, 0.2) is 36.4 Å². The van der Waals surface area contributed by atoms with Gasteiger partial charge in [0, 0.05) is 11.1 Å². The van der Waals surface area contributed by atoms with Gasteiger partial charge in [0.05, 0.1) is 10.0 Å². The molecule has 0 fully saturated rings. The molecule has 0 aliphatic heterocycles. The van der Waals surface area contributed by atoms with Gasteiger partial charge in [-0.2, -0.15) is 0 Å². The van der Waals surface area contributed by atoms with E-state index in [4.69, 9.17) is 23.2 Å². The normalized spacial score (nSPS) is 12.5. The summed E-state index contributed by atoms with van der Waals surface area (Å²) in [4.78, 5) is 0. The van der Waals surface area contributed by atoms with E-state index in [-0.39, 0.29) is 10.6 Å². The summed E-state index contributed by atoms with van der Waals surface area (Å²) in [5.74, 6) is -0.468. The van der Waals surface area contributed by atoms with Crippen molar-refractivity contribution in [2.24, 2.45) is 0 Å². The molecule has 0 spiro atoms. The lowest BCUT2D eigenvalue weighted by Gasteiger charge is -2.15. The van der Waals surface area contributed by atoms with Gasteiger partial charge in [-0.15, -0.1) is 0 Å². The number of aliphatic hydroxyl groups excluding tert-OH is 1. The second kappa shape index (κ2) is 5.27. The third-order valence-corrected chi connectivity index (χ3v) is 3.56. The fourth-order valence-electron chi connectivity index (χ4n) is 1.77. The molecule has 0 heterocycles. The third kappa shape index (κ3) is 2.51. The number of aliphatic hydroxyl groups is 1. The molecule has 2 aromatic carbocycles. The molecule has 0 saturated heterocycles. The van der Waals surface area contributed by atoms with Crippen LogP contribution in [0.25, 0.3) is 0 Å². The summed E-state index contributed by atoms with van der Waals surface area (Å²) in [6.45, 7) is 1.83.